The number of benzene rings is 1. The number of para-hydroxylation sites is 1. The van der Waals surface area contributed by atoms with E-state index in [2.05, 4.69) is 20.9 Å². The molecule has 1 aromatic heterocycles. The van der Waals surface area contributed by atoms with Crippen LogP contribution in [0.3, 0.4) is 0 Å². The molecule has 0 spiro atoms. The summed E-state index contributed by atoms with van der Waals surface area (Å²) in [6.45, 7) is 0. The summed E-state index contributed by atoms with van der Waals surface area (Å²) in [6, 6.07) is 9.92. The van der Waals surface area contributed by atoms with Crippen LogP contribution < -0.4 is 4.74 Å². The first-order valence-corrected chi connectivity index (χ1v) is 5.46. The number of nitrogens with zero attached hydrogens (tertiary/aromatic N) is 1. The van der Waals surface area contributed by atoms with Gasteiger partial charge in [0.2, 0.25) is 0 Å². The predicted octanol–water partition coefficient (Wildman–Crippen LogP) is 3.14. The van der Waals surface area contributed by atoms with Crippen molar-refractivity contribution in [2.24, 2.45) is 0 Å². The molecule has 1 aromatic carbocycles. The summed E-state index contributed by atoms with van der Waals surface area (Å²) in [7, 11) is 1.68. The Balaban J connectivity index is 2.73. The number of ether oxygens (including phenoxy) is 1. The Hall–Kier alpha value is -1.09. The van der Waals surface area contributed by atoms with Crippen molar-refractivity contribution in [3.63, 3.8) is 0 Å². The number of hydrogen-bond donors (Lipinski definition) is 0. The van der Waals surface area contributed by atoms with Crippen molar-refractivity contribution < 1.29 is 4.74 Å². The molecule has 1 heterocycles. The topological polar surface area (TPSA) is 22.1 Å². The van der Waals surface area contributed by atoms with Gasteiger partial charge in [0, 0.05) is 16.8 Å². The van der Waals surface area contributed by atoms with Crippen molar-refractivity contribution in [2.75, 3.05) is 7.11 Å². The van der Waals surface area contributed by atoms with Gasteiger partial charge in [-0.05, 0) is 12.1 Å². The molecule has 0 saturated heterocycles. The number of pyridine rings is 1. The molecule has 0 radical (unpaired) electrons. The highest BCUT2D eigenvalue weighted by Crippen LogP contribution is 2.25. The van der Waals surface area contributed by atoms with Crippen LogP contribution in [-0.4, -0.2) is 12.1 Å². The number of hydrogen-bond acceptors (Lipinski definition) is 2. The molecular formula is C11H10BrNO. The summed E-state index contributed by atoms with van der Waals surface area (Å²) < 4.78 is 5.31. The standard InChI is InChI=1S/C11H10BrNO/c1-14-11-6-8(7-12)13-10-5-3-2-4-9(10)11/h2-6H,7H2,1H3. The average molecular weight is 252 g/mol. The fourth-order valence-electron chi connectivity index (χ4n) is 1.43. The van der Waals surface area contributed by atoms with Gasteiger partial charge in [0.15, 0.2) is 0 Å². The normalized spacial score (nSPS) is 10.4. The van der Waals surface area contributed by atoms with Crippen LogP contribution in [0.15, 0.2) is 30.3 Å². The predicted molar refractivity (Wildman–Crippen MR) is 60.9 cm³/mol. The Labute approximate surface area is 91.0 Å². The Kier molecular flexibility index (Phi) is 2.68. The van der Waals surface area contributed by atoms with Gasteiger partial charge in [0.1, 0.15) is 5.75 Å². The van der Waals surface area contributed by atoms with Crippen LogP contribution in [0.4, 0.5) is 0 Å². The third kappa shape index (κ3) is 1.60. The first-order valence-electron chi connectivity index (χ1n) is 4.34. The molecule has 0 N–H and O–H groups in total. The van der Waals surface area contributed by atoms with Gasteiger partial charge in [-0.2, -0.15) is 0 Å². The van der Waals surface area contributed by atoms with Crippen LogP contribution in [0.2, 0.25) is 0 Å². The number of halogens is 1. The van der Waals surface area contributed by atoms with E-state index in [1.807, 2.05) is 30.3 Å². The first kappa shape index (κ1) is 9.46. The minimum Gasteiger partial charge on any atom is -0.496 e. The largest absolute Gasteiger partial charge is 0.496 e. The maximum absolute atomic E-state index is 5.31. The van der Waals surface area contributed by atoms with Gasteiger partial charge in [-0.25, -0.2) is 0 Å². The highest BCUT2D eigenvalue weighted by Gasteiger charge is 2.03. The van der Waals surface area contributed by atoms with Gasteiger partial charge in [-0.15, -0.1) is 0 Å². The highest BCUT2D eigenvalue weighted by molar-refractivity contribution is 9.08. The number of methoxy groups -OCH3 is 1. The fraction of sp³-hybridized carbons (Fsp3) is 0.182. The van der Waals surface area contributed by atoms with E-state index in [4.69, 9.17) is 4.74 Å². The molecular weight excluding hydrogens is 242 g/mol. The number of fused-ring (bicyclic) bond motifs is 1. The van der Waals surface area contributed by atoms with E-state index in [0.29, 0.717) is 0 Å². The molecule has 2 aromatic rings. The van der Waals surface area contributed by atoms with Gasteiger partial charge < -0.3 is 4.74 Å². The molecule has 0 aliphatic rings. The smallest absolute Gasteiger partial charge is 0.130 e. The van der Waals surface area contributed by atoms with Crippen molar-refractivity contribution in [3.8, 4) is 5.75 Å². The van der Waals surface area contributed by atoms with Crippen LogP contribution in [0.1, 0.15) is 5.69 Å². The molecule has 0 aliphatic carbocycles. The molecule has 14 heavy (non-hydrogen) atoms. The maximum Gasteiger partial charge on any atom is 0.130 e. The summed E-state index contributed by atoms with van der Waals surface area (Å²) in [4.78, 5) is 4.48. The van der Waals surface area contributed by atoms with Crippen molar-refractivity contribution in [1.82, 2.24) is 4.98 Å². The third-order valence-corrected chi connectivity index (χ3v) is 2.66. The van der Waals surface area contributed by atoms with Crippen molar-refractivity contribution in [2.45, 2.75) is 5.33 Å². The van der Waals surface area contributed by atoms with E-state index in [0.717, 1.165) is 27.7 Å². The molecule has 0 bridgehead atoms. The zero-order valence-corrected chi connectivity index (χ0v) is 9.41. The Bertz CT molecular complexity index is 456. The lowest BCUT2D eigenvalue weighted by molar-refractivity contribution is 0.419. The Morgan fingerprint density at radius 3 is 2.86 bits per heavy atom. The molecule has 0 amide bonds. The van der Waals surface area contributed by atoms with Crippen LogP contribution in [-0.2, 0) is 5.33 Å². The second kappa shape index (κ2) is 3.96. The first-order chi connectivity index (χ1) is 6.85. The zero-order valence-electron chi connectivity index (χ0n) is 7.83. The fourth-order valence-corrected chi connectivity index (χ4v) is 1.72. The quantitative estimate of drug-likeness (QED) is 0.766. The molecule has 3 heteroatoms. The van der Waals surface area contributed by atoms with E-state index in [1.54, 1.807) is 7.11 Å². The second-order valence-electron chi connectivity index (χ2n) is 2.97. The van der Waals surface area contributed by atoms with Crippen LogP contribution >= 0.6 is 15.9 Å². The zero-order chi connectivity index (χ0) is 9.97. The maximum atomic E-state index is 5.31. The van der Waals surface area contributed by atoms with Crippen LogP contribution in [0, 0.1) is 0 Å². The van der Waals surface area contributed by atoms with Crippen molar-refractivity contribution in [3.05, 3.63) is 36.0 Å². The molecule has 0 aliphatic heterocycles. The summed E-state index contributed by atoms with van der Waals surface area (Å²) >= 11 is 3.39. The van der Waals surface area contributed by atoms with Crippen molar-refractivity contribution >= 4 is 26.8 Å². The molecule has 0 fully saturated rings. The van der Waals surface area contributed by atoms with Crippen molar-refractivity contribution in [1.29, 1.82) is 0 Å². The molecule has 0 saturated carbocycles. The molecule has 0 unspecified atom stereocenters. The average Bonchev–Trinajstić information content (AvgIpc) is 2.27. The molecule has 72 valence electrons. The van der Waals surface area contributed by atoms with Gasteiger partial charge >= 0.3 is 0 Å². The summed E-state index contributed by atoms with van der Waals surface area (Å²) in [5.74, 6) is 0.880. The SMILES string of the molecule is COc1cc(CBr)nc2ccccc12. The van der Waals surface area contributed by atoms with E-state index in [9.17, 15) is 0 Å². The van der Waals surface area contributed by atoms with Gasteiger partial charge in [-0.3, -0.25) is 4.98 Å². The number of aromatic nitrogens is 1. The Morgan fingerprint density at radius 2 is 2.14 bits per heavy atom. The lowest BCUT2D eigenvalue weighted by Gasteiger charge is -2.06. The van der Waals surface area contributed by atoms with Gasteiger partial charge in [0.25, 0.3) is 0 Å². The van der Waals surface area contributed by atoms with E-state index in [-0.39, 0.29) is 0 Å². The second-order valence-corrected chi connectivity index (χ2v) is 3.53. The Morgan fingerprint density at radius 1 is 1.36 bits per heavy atom. The third-order valence-electron chi connectivity index (χ3n) is 2.09. The van der Waals surface area contributed by atoms with E-state index < -0.39 is 0 Å². The lowest BCUT2D eigenvalue weighted by Crippen LogP contribution is -1.91. The minimum atomic E-state index is 0.744. The van der Waals surface area contributed by atoms with E-state index in [1.165, 1.54) is 0 Å². The van der Waals surface area contributed by atoms with Crippen LogP contribution in [0.25, 0.3) is 10.9 Å². The lowest BCUT2D eigenvalue weighted by atomic mass is 10.2. The molecule has 0 atom stereocenters. The molecule has 2 rings (SSSR count). The van der Waals surface area contributed by atoms with Gasteiger partial charge in [-0.1, -0.05) is 28.1 Å². The summed E-state index contributed by atoms with van der Waals surface area (Å²) in [5, 5.41) is 1.80. The molecule has 2 nitrogen and oxygen atoms in total. The number of alkyl halides is 1. The monoisotopic (exact) mass is 251 g/mol. The van der Waals surface area contributed by atoms with Crippen LogP contribution in [0.5, 0.6) is 5.75 Å². The summed E-state index contributed by atoms with van der Waals surface area (Å²) in [6.07, 6.45) is 0. The number of rotatable bonds is 2. The summed E-state index contributed by atoms with van der Waals surface area (Å²) in [5.41, 5.74) is 1.96. The minimum absolute atomic E-state index is 0.744. The highest BCUT2D eigenvalue weighted by atomic mass is 79.9. The van der Waals surface area contributed by atoms with Gasteiger partial charge in [0.05, 0.1) is 18.3 Å². The van der Waals surface area contributed by atoms with E-state index >= 15 is 0 Å².